The predicted molar refractivity (Wildman–Crippen MR) is 130 cm³/mol. The highest BCUT2D eigenvalue weighted by Gasteiger charge is 2.22. The van der Waals surface area contributed by atoms with Gasteiger partial charge in [-0.15, -0.1) is 16.5 Å². The number of hydrogen-bond acceptors (Lipinski definition) is 6. The molecule has 8 nitrogen and oxygen atoms in total. The Labute approximate surface area is 207 Å². The van der Waals surface area contributed by atoms with E-state index in [0.29, 0.717) is 23.7 Å². The first-order valence-electron chi connectivity index (χ1n) is 10.5. The third kappa shape index (κ3) is 4.43. The highest BCUT2D eigenvalue weighted by molar-refractivity contribution is 7.99. The van der Waals surface area contributed by atoms with Crippen molar-refractivity contribution in [3.63, 3.8) is 0 Å². The minimum Gasteiger partial charge on any atom is -0.401 e. The van der Waals surface area contributed by atoms with E-state index < -0.39 is 17.6 Å². The molecule has 2 unspecified atom stereocenters. The van der Waals surface area contributed by atoms with E-state index in [1.165, 1.54) is 12.1 Å². The Hall–Kier alpha value is -2.53. The number of aromatic amines is 1. The molecule has 0 spiro atoms. The molecule has 1 aliphatic heterocycles. The first-order chi connectivity index (χ1) is 16.4. The maximum absolute atomic E-state index is 14.0. The van der Waals surface area contributed by atoms with Crippen LogP contribution >= 0.6 is 35.0 Å². The summed E-state index contributed by atoms with van der Waals surface area (Å²) in [5, 5.41) is 4.59. The van der Waals surface area contributed by atoms with E-state index in [1.807, 2.05) is 10.9 Å². The van der Waals surface area contributed by atoms with Gasteiger partial charge >= 0.3 is 5.69 Å². The number of nitrogens with zero attached hydrogens (tertiary/aromatic N) is 4. The fourth-order valence-corrected chi connectivity index (χ4v) is 5.30. The first kappa shape index (κ1) is 23.2. The largest absolute Gasteiger partial charge is 0.401 e. The molecule has 0 radical (unpaired) electrons. The highest BCUT2D eigenvalue weighted by Crippen LogP contribution is 2.33. The lowest BCUT2D eigenvalue weighted by atomic mass is 10.1. The van der Waals surface area contributed by atoms with Crippen LogP contribution in [-0.4, -0.2) is 42.8 Å². The van der Waals surface area contributed by atoms with E-state index in [0.717, 1.165) is 28.0 Å². The molecule has 1 fully saturated rings. The summed E-state index contributed by atoms with van der Waals surface area (Å²) < 4.78 is 22.6. The standard InChI is InChI=1S/C22H20Cl2FN5O3S/c1-12(19-16(23)2-3-17(25)20(19)24)33-30-18-6-13(7-26-21(18)28-22(30)31)14-8-27-29(9-14)15-4-5-34-11-32-10-15/h2-3,6-9,12,15H,4-5,10-11H2,1H3,(H,26,28,31). The summed E-state index contributed by atoms with van der Waals surface area (Å²) in [6, 6.07) is 4.51. The fraction of sp³-hybridized carbons (Fsp3) is 0.318. The quantitative estimate of drug-likeness (QED) is 0.375. The van der Waals surface area contributed by atoms with Crippen LogP contribution in [0.2, 0.25) is 10.0 Å². The van der Waals surface area contributed by atoms with Crippen molar-refractivity contribution in [1.29, 1.82) is 0 Å². The second-order valence-corrected chi connectivity index (χ2v) is 9.71. The summed E-state index contributed by atoms with van der Waals surface area (Å²) >= 11 is 14.1. The fourth-order valence-electron chi connectivity index (χ4n) is 3.85. The summed E-state index contributed by atoms with van der Waals surface area (Å²) in [7, 11) is 0. The molecule has 0 bridgehead atoms. The van der Waals surface area contributed by atoms with Gasteiger partial charge in [-0.1, -0.05) is 23.2 Å². The molecule has 4 aromatic rings. The molecular formula is C22H20Cl2FN5O3S. The van der Waals surface area contributed by atoms with Crippen molar-refractivity contribution in [1.82, 2.24) is 24.5 Å². The zero-order valence-corrected chi connectivity index (χ0v) is 20.3. The molecule has 0 saturated carbocycles. The number of thioether (sulfide) groups is 1. The van der Waals surface area contributed by atoms with Crippen LogP contribution < -0.4 is 10.5 Å². The molecule has 0 aliphatic carbocycles. The maximum atomic E-state index is 14.0. The van der Waals surface area contributed by atoms with E-state index in [4.69, 9.17) is 32.8 Å². The Balaban J connectivity index is 1.47. The van der Waals surface area contributed by atoms with E-state index in [9.17, 15) is 9.18 Å². The monoisotopic (exact) mass is 523 g/mol. The smallest absolute Gasteiger partial charge is 0.360 e. The number of halogens is 3. The van der Waals surface area contributed by atoms with Crippen LogP contribution in [0.25, 0.3) is 22.3 Å². The van der Waals surface area contributed by atoms with E-state index in [2.05, 4.69) is 15.1 Å². The van der Waals surface area contributed by atoms with Crippen LogP contribution in [0.1, 0.15) is 31.1 Å². The number of imidazole rings is 1. The van der Waals surface area contributed by atoms with Gasteiger partial charge in [-0.05, 0) is 37.3 Å². The summed E-state index contributed by atoms with van der Waals surface area (Å²) in [4.78, 5) is 25.5. The normalized spacial score (nSPS) is 17.6. The van der Waals surface area contributed by atoms with Crippen molar-refractivity contribution >= 4 is 46.1 Å². The average molecular weight is 524 g/mol. The molecule has 34 heavy (non-hydrogen) atoms. The molecule has 5 rings (SSSR count). The van der Waals surface area contributed by atoms with Gasteiger partial charge in [0.2, 0.25) is 0 Å². The first-order valence-corrected chi connectivity index (χ1v) is 12.4. The van der Waals surface area contributed by atoms with Crippen molar-refractivity contribution in [3.05, 3.63) is 68.7 Å². The predicted octanol–water partition coefficient (Wildman–Crippen LogP) is 4.88. The number of pyridine rings is 1. The molecule has 1 aliphatic rings. The molecule has 3 aromatic heterocycles. The third-order valence-corrected chi connectivity index (χ3v) is 7.20. The van der Waals surface area contributed by atoms with Crippen LogP contribution in [0.3, 0.4) is 0 Å². The molecule has 12 heteroatoms. The molecule has 1 N–H and O–H groups in total. The second kappa shape index (κ2) is 9.61. The number of ether oxygens (including phenoxy) is 1. The zero-order valence-electron chi connectivity index (χ0n) is 18.0. The van der Waals surface area contributed by atoms with Gasteiger partial charge in [-0.2, -0.15) is 5.10 Å². The number of rotatable bonds is 5. The molecule has 178 valence electrons. The van der Waals surface area contributed by atoms with Crippen LogP contribution in [0.15, 0.2) is 41.6 Å². The van der Waals surface area contributed by atoms with Crippen LogP contribution in [0.5, 0.6) is 0 Å². The van der Waals surface area contributed by atoms with Crippen molar-refractivity contribution in [2.75, 3.05) is 18.3 Å². The number of nitrogens with one attached hydrogen (secondary N) is 1. The Morgan fingerprint density at radius 3 is 3.03 bits per heavy atom. The van der Waals surface area contributed by atoms with Gasteiger partial charge in [0.15, 0.2) is 11.8 Å². The van der Waals surface area contributed by atoms with E-state index in [1.54, 1.807) is 37.1 Å². The van der Waals surface area contributed by atoms with Gasteiger partial charge in [-0.25, -0.2) is 14.2 Å². The van der Waals surface area contributed by atoms with Gasteiger partial charge < -0.3 is 9.57 Å². The van der Waals surface area contributed by atoms with Gasteiger partial charge in [0.1, 0.15) is 11.3 Å². The highest BCUT2D eigenvalue weighted by atomic mass is 35.5. The van der Waals surface area contributed by atoms with Gasteiger partial charge in [-0.3, -0.25) is 9.67 Å². The Bertz CT molecular complexity index is 1400. The summed E-state index contributed by atoms with van der Waals surface area (Å²) in [5.74, 6) is 1.08. The number of hydrogen-bond donors (Lipinski definition) is 1. The van der Waals surface area contributed by atoms with Gasteiger partial charge in [0.05, 0.1) is 29.8 Å². The maximum Gasteiger partial charge on any atom is 0.360 e. The van der Waals surface area contributed by atoms with Crippen LogP contribution in [0, 0.1) is 5.82 Å². The number of H-pyrrole nitrogens is 1. The minimum absolute atomic E-state index is 0.153. The zero-order chi connectivity index (χ0) is 23.8. The van der Waals surface area contributed by atoms with Crippen molar-refractivity contribution in [2.45, 2.75) is 25.5 Å². The molecular weight excluding hydrogens is 504 g/mol. The summed E-state index contributed by atoms with van der Waals surface area (Å²) in [6.45, 7) is 2.24. The SMILES string of the molecule is CC(On1c(=O)[nH]c2ncc(-c3cnn(C4CCSCOC4)c3)cc21)c1c(Cl)ccc(F)c1Cl. The topological polar surface area (TPSA) is 87.0 Å². The minimum atomic E-state index is -0.813. The Morgan fingerprint density at radius 2 is 2.18 bits per heavy atom. The average Bonchev–Trinajstić information content (AvgIpc) is 3.31. The number of aromatic nitrogens is 5. The number of fused-ring (bicyclic) bond motifs is 1. The Morgan fingerprint density at radius 1 is 1.32 bits per heavy atom. The molecule has 1 aromatic carbocycles. The van der Waals surface area contributed by atoms with Crippen molar-refractivity contribution in [2.24, 2.45) is 0 Å². The lowest BCUT2D eigenvalue weighted by Crippen LogP contribution is -2.26. The summed E-state index contributed by atoms with van der Waals surface area (Å²) in [6.07, 6.45) is 5.51. The third-order valence-electron chi connectivity index (χ3n) is 5.63. The molecule has 2 atom stereocenters. The molecule has 1 saturated heterocycles. The van der Waals surface area contributed by atoms with Gasteiger partial charge in [0, 0.05) is 34.1 Å². The van der Waals surface area contributed by atoms with E-state index >= 15 is 0 Å². The second-order valence-electron chi connectivity index (χ2n) is 7.87. The van der Waals surface area contributed by atoms with Gasteiger partial charge in [0.25, 0.3) is 0 Å². The van der Waals surface area contributed by atoms with Crippen LogP contribution in [0.4, 0.5) is 4.39 Å². The lowest BCUT2D eigenvalue weighted by Gasteiger charge is -2.17. The number of benzene rings is 1. The lowest BCUT2D eigenvalue weighted by molar-refractivity contribution is 0.0492. The van der Waals surface area contributed by atoms with Crippen molar-refractivity contribution < 1.29 is 14.0 Å². The Kier molecular flexibility index (Phi) is 6.57. The summed E-state index contributed by atoms with van der Waals surface area (Å²) in [5.41, 5.74) is 2.08. The van der Waals surface area contributed by atoms with E-state index in [-0.39, 0.29) is 21.7 Å². The van der Waals surface area contributed by atoms with Crippen LogP contribution in [-0.2, 0) is 4.74 Å². The molecule has 0 amide bonds. The van der Waals surface area contributed by atoms with Crippen molar-refractivity contribution in [3.8, 4) is 11.1 Å². The molecule has 4 heterocycles.